The van der Waals surface area contributed by atoms with E-state index in [1.807, 2.05) is 72.8 Å². The molecule has 2 aromatic heterocycles. The zero-order chi connectivity index (χ0) is 22.6. The number of nitrogens with one attached hydrogen (secondary N) is 2. The minimum Gasteiger partial charge on any atom is -0.497 e. The number of ether oxygens (including phenoxy) is 1. The predicted octanol–water partition coefficient (Wildman–Crippen LogP) is 5.72. The van der Waals surface area contributed by atoms with Crippen molar-refractivity contribution in [3.63, 3.8) is 0 Å². The van der Waals surface area contributed by atoms with Crippen molar-refractivity contribution in [2.24, 2.45) is 0 Å². The number of rotatable bonds is 6. The minimum atomic E-state index is -0.173. The predicted molar refractivity (Wildman–Crippen MR) is 133 cm³/mol. The van der Waals surface area contributed by atoms with Gasteiger partial charge in [0.25, 0.3) is 0 Å². The van der Waals surface area contributed by atoms with Gasteiger partial charge in [-0.3, -0.25) is 4.79 Å². The van der Waals surface area contributed by atoms with Gasteiger partial charge in [-0.2, -0.15) is 0 Å². The van der Waals surface area contributed by atoms with Crippen LogP contribution in [0.2, 0.25) is 0 Å². The average Bonchev–Trinajstić information content (AvgIpc) is 3.25. The summed E-state index contributed by atoms with van der Waals surface area (Å²) in [6.07, 6.45) is 3.31. The number of benzene rings is 3. The van der Waals surface area contributed by atoms with Crippen LogP contribution in [0.15, 0.2) is 91.0 Å². The third kappa shape index (κ3) is 4.34. The molecule has 5 heteroatoms. The van der Waals surface area contributed by atoms with Gasteiger partial charge in [0.05, 0.1) is 30.6 Å². The molecule has 0 bridgehead atoms. The molecule has 1 amide bonds. The molecule has 0 aliphatic rings. The number of nitrogens with zero attached hydrogens (tertiary/aromatic N) is 1. The minimum absolute atomic E-state index is 0.173. The molecule has 0 radical (unpaired) electrons. The maximum absolute atomic E-state index is 12.4. The molecule has 2 N–H and O–H groups in total. The molecule has 5 aromatic rings. The van der Waals surface area contributed by atoms with Gasteiger partial charge >= 0.3 is 0 Å². The number of pyridine rings is 1. The molecule has 162 valence electrons. The summed E-state index contributed by atoms with van der Waals surface area (Å²) in [6.45, 7) is 0.334. The summed E-state index contributed by atoms with van der Waals surface area (Å²) in [7, 11) is 1.63. The molecule has 0 saturated heterocycles. The van der Waals surface area contributed by atoms with Crippen molar-refractivity contribution in [2.75, 3.05) is 7.11 Å². The fourth-order valence-electron chi connectivity index (χ4n) is 3.92. The van der Waals surface area contributed by atoms with E-state index in [-0.39, 0.29) is 5.91 Å². The maximum atomic E-state index is 12.4. The lowest BCUT2D eigenvalue weighted by atomic mass is 10.1. The normalized spacial score (nSPS) is 11.3. The van der Waals surface area contributed by atoms with E-state index in [0.29, 0.717) is 6.54 Å². The van der Waals surface area contributed by atoms with Crippen LogP contribution in [0.3, 0.4) is 0 Å². The molecule has 2 heterocycles. The van der Waals surface area contributed by atoms with E-state index in [4.69, 9.17) is 9.72 Å². The van der Waals surface area contributed by atoms with Crippen LogP contribution in [0, 0.1) is 0 Å². The number of methoxy groups -OCH3 is 1. The van der Waals surface area contributed by atoms with Crippen LogP contribution in [0.25, 0.3) is 39.1 Å². The van der Waals surface area contributed by atoms with E-state index in [1.165, 1.54) is 6.08 Å². The number of fused-ring (bicyclic) bond motifs is 3. The lowest BCUT2D eigenvalue weighted by molar-refractivity contribution is -0.116. The van der Waals surface area contributed by atoms with Crippen molar-refractivity contribution in [1.82, 2.24) is 15.3 Å². The molecule has 0 aliphatic carbocycles. The van der Waals surface area contributed by atoms with Gasteiger partial charge in [0, 0.05) is 27.9 Å². The Labute approximate surface area is 191 Å². The fourth-order valence-corrected chi connectivity index (χ4v) is 3.92. The second kappa shape index (κ2) is 9.01. The second-order valence-electron chi connectivity index (χ2n) is 7.75. The van der Waals surface area contributed by atoms with Gasteiger partial charge in [0.1, 0.15) is 5.75 Å². The lowest BCUT2D eigenvalue weighted by Gasteiger charge is -2.08. The van der Waals surface area contributed by atoms with E-state index in [9.17, 15) is 4.79 Å². The number of para-hydroxylation sites is 1. The molecular weight excluding hydrogens is 410 g/mol. The number of carbonyl (C=O) groups excluding carboxylic acids is 1. The molecule has 5 rings (SSSR count). The van der Waals surface area contributed by atoms with Crippen molar-refractivity contribution in [2.45, 2.75) is 6.54 Å². The molecule has 0 atom stereocenters. The van der Waals surface area contributed by atoms with Crippen LogP contribution in [-0.4, -0.2) is 23.0 Å². The number of aromatic amines is 1. The first-order chi connectivity index (χ1) is 16.2. The Hall–Kier alpha value is -4.38. The first kappa shape index (κ1) is 20.5. The van der Waals surface area contributed by atoms with Crippen molar-refractivity contribution in [3.8, 4) is 17.0 Å². The van der Waals surface area contributed by atoms with Crippen LogP contribution in [0.1, 0.15) is 11.3 Å². The van der Waals surface area contributed by atoms with Crippen molar-refractivity contribution in [3.05, 3.63) is 102 Å². The van der Waals surface area contributed by atoms with E-state index in [2.05, 4.69) is 22.4 Å². The van der Waals surface area contributed by atoms with Crippen LogP contribution < -0.4 is 10.1 Å². The quantitative estimate of drug-likeness (QED) is 0.337. The highest BCUT2D eigenvalue weighted by molar-refractivity contribution is 6.11. The third-order valence-electron chi connectivity index (χ3n) is 5.58. The number of hydrogen-bond donors (Lipinski definition) is 2. The number of aromatic nitrogens is 2. The first-order valence-electron chi connectivity index (χ1n) is 10.8. The topological polar surface area (TPSA) is 67.0 Å². The summed E-state index contributed by atoms with van der Waals surface area (Å²) in [5.41, 5.74) is 5.70. The summed E-state index contributed by atoms with van der Waals surface area (Å²) in [6, 6.07) is 27.9. The third-order valence-corrected chi connectivity index (χ3v) is 5.58. The Balaban J connectivity index is 1.42. The number of amides is 1. The molecule has 5 nitrogen and oxygen atoms in total. The van der Waals surface area contributed by atoms with Crippen LogP contribution >= 0.6 is 0 Å². The molecule has 0 fully saturated rings. The second-order valence-corrected chi connectivity index (χ2v) is 7.75. The van der Waals surface area contributed by atoms with Gasteiger partial charge in [-0.15, -0.1) is 0 Å². The van der Waals surface area contributed by atoms with Gasteiger partial charge in [-0.1, -0.05) is 60.7 Å². The number of carbonyl (C=O) groups is 1. The van der Waals surface area contributed by atoms with Gasteiger partial charge < -0.3 is 15.0 Å². The Morgan fingerprint density at radius 1 is 0.970 bits per heavy atom. The van der Waals surface area contributed by atoms with Crippen molar-refractivity contribution >= 4 is 33.8 Å². The van der Waals surface area contributed by atoms with E-state index in [0.717, 1.165) is 50.1 Å². The highest BCUT2D eigenvalue weighted by atomic mass is 16.5. The van der Waals surface area contributed by atoms with Crippen LogP contribution in [-0.2, 0) is 11.3 Å². The van der Waals surface area contributed by atoms with Crippen LogP contribution in [0.5, 0.6) is 5.75 Å². The van der Waals surface area contributed by atoms with E-state index < -0.39 is 0 Å². The molecule has 0 unspecified atom stereocenters. The SMILES string of the molecule is COc1ccc(/C=C/C(=O)NCc2cc3c([nH]c4ccccc43)c(-c3ccccc3)n2)cc1. The van der Waals surface area contributed by atoms with Crippen molar-refractivity contribution in [1.29, 1.82) is 0 Å². The Morgan fingerprint density at radius 3 is 2.52 bits per heavy atom. The first-order valence-corrected chi connectivity index (χ1v) is 10.8. The molecule has 0 spiro atoms. The molecular formula is C28H23N3O2. The van der Waals surface area contributed by atoms with Gasteiger partial charge in [0.15, 0.2) is 0 Å². The summed E-state index contributed by atoms with van der Waals surface area (Å²) in [4.78, 5) is 20.8. The molecule has 0 saturated carbocycles. The molecule has 33 heavy (non-hydrogen) atoms. The zero-order valence-corrected chi connectivity index (χ0v) is 18.2. The summed E-state index contributed by atoms with van der Waals surface area (Å²) in [5, 5.41) is 5.19. The summed E-state index contributed by atoms with van der Waals surface area (Å²) in [5.74, 6) is 0.609. The Bertz CT molecular complexity index is 1450. The molecule has 0 aliphatic heterocycles. The largest absolute Gasteiger partial charge is 0.497 e. The van der Waals surface area contributed by atoms with Crippen LogP contribution in [0.4, 0.5) is 0 Å². The number of hydrogen-bond acceptors (Lipinski definition) is 3. The summed E-state index contributed by atoms with van der Waals surface area (Å²) < 4.78 is 5.16. The fraction of sp³-hybridized carbons (Fsp3) is 0.0714. The van der Waals surface area contributed by atoms with Gasteiger partial charge in [-0.05, 0) is 35.9 Å². The Morgan fingerprint density at radius 2 is 1.73 bits per heavy atom. The monoisotopic (exact) mass is 433 g/mol. The van der Waals surface area contributed by atoms with E-state index >= 15 is 0 Å². The lowest BCUT2D eigenvalue weighted by Crippen LogP contribution is -2.21. The van der Waals surface area contributed by atoms with Gasteiger partial charge in [-0.25, -0.2) is 4.98 Å². The summed E-state index contributed by atoms with van der Waals surface area (Å²) >= 11 is 0. The highest BCUT2D eigenvalue weighted by Crippen LogP contribution is 2.32. The maximum Gasteiger partial charge on any atom is 0.244 e. The Kier molecular flexibility index (Phi) is 5.60. The average molecular weight is 434 g/mol. The van der Waals surface area contributed by atoms with E-state index in [1.54, 1.807) is 13.2 Å². The standard InChI is InChI=1S/C28H23N3O2/c1-33-22-14-11-19(12-15-22)13-16-26(32)29-18-21-17-24-23-9-5-6-10-25(23)31-28(24)27(30-21)20-7-3-2-4-8-20/h2-17,31H,18H2,1H3,(H,29,32)/b16-13+. The molecule has 3 aromatic carbocycles. The zero-order valence-electron chi connectivity index (χ0n) is 18.2. The van der Waals surface area contributed by atoms with Gasteiger partial charge in [0.2, 0.25) is 5.91 Å². The van der Waals surface area contributed by atoms with Crippen molar-refractivity contribution < 1.29 is 9.53 Å². The highest BCUT2D eigenvalue weighted by Gasteiger charge is 2.13. The smallest absolute Gasteiger partial charge is 0.244 e. The number of H-pyrrole nitrogens is 1.